The number of likely N-dealkylation sites (N-methyl/N-ethyl adjacent to an activating group) is 1. The topological polar surface area (TPSA) is 70.7 Å². The van der Waals surface area contributed by atoms with Gasteiger partial charge >= 0.3 is 6.09 Å². The minimum absolute atomic E-state index is 0.167. The molecule has 0 spiro atoms. The van der Waals surface area contributed by atoms with Gasteiger partial charge in [0.25, 0.3) is 0 Å². The van der Waals surface area contributed by atoms with Crippen molar-refractivity contribution in [3.8, 4) is 0 Å². The van der Waals surface area contributed by atoms with Crippen molar-refractivity contribution in [3.05, 3.63) is 72.3 Å². The lowest BCUT2D eigenvalue weighted by Gasteiger charge is -2.29. The maximum atomic E-state index is 12.4. The number of nitrogens with one attached hydrogen (secondary N) is 2. The van der Waals surface area contributed by atoms with E-state index in [1.807, 2.05) is 52.9 Å². The van der Waals surface area contributed by atoms with Gasteiger partial charge in [0.05, 0.1) is 0 Å². The first-order valence-corrected chi connectivity index (χ1v) is 13.1. The quantitative estimate of drug-likeness (QED) is 0.239. The van der Waals surface area contributed by atoms with Crippen molar-refractivity contribution in [2.45, 2.75) is 57.6 Å². The van der Waals surface area contributed by atoms with E-state index >= 15 is 0 Å². The summed E-state index contributed by atoms with van der Waals surface area (Å²) in [7, 11) is 1.94. The molecule has 1 unspecified atom stereocenters. The molecule has 194 valence electrons. The van der Waals surface area contributed by atoms with Gasteiger partial charge in [-0.25, -0.2) is 4.79 Å². The Morgan fingerprint density at radius 3 is 2.17 bits per heavy atom. The summed E-state index contributed by atoms with van der Waals surface area (Å²) in [5, 5.41) is 5.66. The van der Waals surface area contributed by atoms with Crippen molar-refractivity contribution in [1.82, 2.24) is 9.62 Å². The van der Waals surface area contributed by atoms with E-state index in [4.69, 9.17) is 4.74 Å². The molecule has 0 bridgehead atoms. The molecule has 3 aromatic rings. The van der Waals surface area contributed by atoms with Crippen LogP contribution < -0.4 is 10.0 Å². The molecule has 3 rings (SSSR count). The normalized spacial score (nSPS) is 11.7. The van der Waals surface area contributed by atoms with Gasteiger partial charge in [-0.05, 0) is 63.6 Å². The Morgan fingerprint density at radius 1 is 1.00 bits per heavy atom. The fourth-order valence-electron chi connectivity index (χ4n) is 3.43. The molecule has 0 heterocycles. The molecule has 1 atom stereocenters. The van der Waals surface area contributed by atoms with E-state index < -0.39 is 5.60 Å². The van der Waals surface area contributed by atoms with E-state index in [1.165, 1.54) is 15.7 Å². The van der Waals surface area contributed by atoms with Gasteiger partial charge in [0.2, 0.25) is 0 Å². The Kier molecular flexibility index (Phi) is 11.8. The molecule has 0 saturated carbocycles. The van der Waals surface area contributed by atoms with E-state index in [2.05, 4.69) is 53.4 Å². The van der Waals surface area contributed by atoms with E-state index in [0.717, 1.165) is 24.0 Å². The SMILES string of the molecule is CCC(CN(CC)C(=O)OC(C)(C)C)NSc1ccc(NC)c2ccccc12.O=Cc1ccccc1. The minimum Gasteiger partial charge on any atom is -0.444 e. The zero-order valence-corrected chi connectivity index (χ0v) is 23.0. The monoisotopic (exact) mass is 509 g/mol. The van der Waals surface area contributed by atoms with Gasteiger partial charge in [0.15, 0.2) is 0 Å². The van der Waals surface area contributed by atoms with E-state index in [9.17, 15) is 9.59 Å². The lowest BCUT2D eigenvalue weighted by molar-refractivity contribution is 0.0246. The van der Waals surface area contributed by atoms with Crippen LogP contribution in [0.1, 0.15) is 51.4 Å². The molecular formula is C29H39N3O3S. The molecule has 0 aliphatic carbocycles. The average molecular weight is 510 g/mol. The Balaban J connectivity index is 0.000000482. The van der Waals surface area contributed by atoms with Gasteiger partial charge in [-0.2, -0.15) is 0 Å². The van der Waals surface area contributed by atoms with Gasteiger partial charge in [-0.15, -0.1) is 0 Å². The van der Waals surface area contributed by atoms with Crippen LogP contribution in [0.2, 0.25) is 0 Å². The number of fused-ring (bicyclic) bond motifs is 1. The Morgan fingerprint density at radius 2 is 1.64 bits per heavy atom. The van der Waals surface area contributed by atoms with Crippen LogP contribution in [0.25, 0.3) is 10.8 Å². The number of hydrogen-bond acceptors (Lipinski definition) is 6. The second kappa shape index (κ2) is 14.5. The van der Waals surface area contributed by atoms with Crippen molar-refractivity contribution in [2.24, 2.45) is 0 Å². The molecule has 3 aromatic carbocycles. The number of benzene rings is 3. The third kappa shape index (κ3) is 9.21. The van der Waals surface area contributed by atoms with Crippen molar-refractivity contribution in [3.63, 3.8) is 0 Å². The molecule has 36 heavy (non-hydrogen) atoms. The molecule has 0 aromatic heterocycles. The zero-order chi connectivity index (χ0) is 26.6. The maximum absolute atomic E-state index is 12.4. The minimum atomic E-state index is -0.484. The third-order valence-electron chi connectivity index (χ3n) is 5.39. The molecule has 0 radical (unpaired) electrons. The summed E-state index contributed by atoms with van der Waals surface area (Å²) >= 11 is 1.62. The van der Waals surface area contributed by atoms with Gasteiger partial charge < -0.3 is 15.0 Å². The third-order valence-corrected chi connectivity index (χ3v) is 6.42. The lowest BCUT2D eigenvalue weighted by Crippen LogP contribution is -2.43. The molecular weight excluding hydrogens is 470 g/mol. The van der Waals surface area contributed by atoms with E-state index in [-0.39, 0.29) is 12.1 Å². The first kappa shape index (κ1) is 29.2. The summed E-state index contributed by atoms with van der Waals surface area (Å²) in [5.74, 6) is 0. The number of anilines is 1. The first-order chi connectivity index (χ1) is 17.2. The number of rotatable bonds is 9. The molecule has 1 amide bonds. The maximum Gasteiger partial charge on any atom is 0.410 e. The summed E-state index contributed by atoms with van der Waals surface area (Å²) in [5.41, 5.74) is 1.36. The number of ether oxygens (including phenoxy) is 1. The van der Waals surface area contributed by atoms with Crippen LogP contribution in [0.5, 0.6) is 0 Å². The smallest absolute Gasteiger partial charge is 0.410 e. The number of carbonyl (C=O) groups is 2. The summed E-state index contributed by atoms with van der Waals surface area (Å²) < 4.78 is 9.07. The second-order valence-corrected chi connectivity index (χ2v) is 10.2. The fourth-order valence-corrected chi connectivity index (χ4v) is 4.39. The van der Waals surface area contributed by atoms with Gasteiger partial charge in [-0.3, -0.25) is 9.52 Å². The Bertz CT molecular complexity index is 1100. The summed E-state index contributed by atoms with van der Waals surface area (Å²) in [4.78, 5) is 25.4. The van der Waals surface area contributed by atoms with Crippen LogP contribution in [-0.4, -0.2) is 49.1 Å². The van der Waals surface area contributed by atoms with E-state index in [0.29, 0.717) is 13.1 Å². The summed E-state index contributed by atoms with van der Waals surface area (Å²) in [6, 6.07) is 21.9. The highest BCUT2D eigenvalue weighted by molar-refractivity contribution is 7.97. The summed E-state index contributed by atoms with van der Waals surface area (Å²) in [6.07, 6.45) is 1.49. The highest BCUT2D eigenvalue weighted by Crippen LogP contribution is 2.31. The second-order valence-electron chi connectivity index (χ2n) is 9.28. The van der Waals surface area contributed by atoms with Crippen LogP contribution in [0, 0.1) is 0 Å². The predicted molar refractivity (Wildman–Crippen MR) is 152 cm³/mol. The van der Waals surface area contributed by atoms with Gasteiger partial charge in [0, 0.05) is 47.7 Å². The highest BCUT2D eigenvalue weighted by Gasteiger charge is 2.23. The standard InChI is InChI=1S/C22H33N3O2S.C7H6O/c1-7-16(15-25(8-2)21(26)27-22(3,4)5)24-28-20-14-13-19(23-6)17-11-9-10-12-18(17)20;8-6-7-4-2-1-3-5-7/h9-14,16,23-24H,7-8,15H2,1-6H3;1-6H. The van der Waals surface area contributed by atoms with Crippen LogP contribution in [0.4, 0.5) is 10.5 Å². The molecule has 2 N–H and O–H groups in total. The van der Waals surface area contributed by atoms with Crippen molar-refractivity contribution in [1.29, 1.82) is 0 Å². The number of carbonyl (C=O) groups excluding carboxylic acids is 2. The number of amides is 1. The van der Waals surface area contributed by atoms with Crippen LogP contribution in [-0.2, 0) is 4.74 Å². The Labute approximate surface area is 219 Å². The van der Waals surface area contributed by atoms with E-state index in [1.54, 1.807) is 29.0 Å². The first-order valence-electron chi connectivity index (χ1n) is 12.3. The Hall–Kier alpha value is -3.03. The number of hydrogen-bond donors (Lipinski definition) is 2. The number of aldehydes is 1. The largest absolute Gasteiger partial charge is 0.444 e. The highest BCUT2D eigenvalue weighted by atomic mass is 32.2. The van der Waals surface area contributed by atoms with Gasteiger partial charge in [0.1, 0.15) is 11.9 Å². The van der Waals surface area contributed by atoms with Gasteiger partial charge in [-0.1, -0.05) is 61.5 Å². The molecule has 0 aliphatic heterocycles. The molecule has 0 saturated heterocycles. The van der Waals surface area contributed by atoms with Crippen molar-refractivity contribution in [2.75, 3.05) is 25.5 Å². The molecule has 0 aliphatic rings. The predicted octanol–water partition coefficient (Wildman–Crippen LogP) is 7.01. The molecule has 7 heteroatoms. The number of nitrogens with zero attached hydrogens (tertiary/aromatic N) is 1. The lowest BCUT2D eigenvalue weighted by atomic mass is 10.1. The van der Waals surface area contributed by atoms with Crippen LogP contribution in [0.3, 0.4) is 0 Å². The molecule has 0 fully saturated rings. The average Bonchev–Trinajstić information content (AvgIpc) is 2.88. The fraction of sp³-hybridized carbons (Fsp3) is 0.379. The van der Waals surface area contributed by atoms with Crippen molar-refractivity contribution >= 4 is 40.8 Å². The zero-order valence-electron chi connectivity index (χ0n) is 22.2. The molecule has 6 nitrogen and oxygen atoms in total. The van der Waals surface area contributed by atoms with Crippen LogP contribution in [0.15, 0.2) is 71.6 Å². The van der Waals surface area contributed by atoms with Crippen LogP contribution >= 0.6 is 11.9 Å². The summed E-state index contributed by atoms with van der Waals surface area (Å²) in [6.45, 7) is 11.0. The van der Waals surface area contributed by atoms with Crippen molar-refractivity contribution < 1.29 is 14.3 Å².